The van der Waals surface area contributed by atoms with Crippen molar-refractivity contribution in [1.29, 1.82) is 0 Å². The van der Waals surface area contributed by atoms with Gasteiger partial charge < -0.3 is 8.92 Å². The first-order chi connectivity index (χ1) is 19.4. The molecule has 3 unspecified atom stereocenters. The van der Waals surface area contributed by atoms with Gasteiger partial charge in [0, 0.05) is 17.3 Å². The Balaban J connectivity index is 1.05. The van der Waals surface area contributed by atoms with Crippen molar-refractivity contribution in [3.05, 3.63) is 101 Å². The lowest BCUT2D eigenvalue weighted by Gasteiger charge is -2.60. The molecular formula is C34H34O5S. The summed E-state index contributed by atoms with van der Waals surface area (Å²) >= 11 is 0. The number of rotatable bonds is 6. The zero-order chi connectivity index (χ0) is 27.1. The zero-order valence-corrected chi connectivity index (χ0v) is 23.3. The first-order valence-electron chi connectivity index (χ1n) is 14.7. The molecule has 3 atom stereocenters. The van der Waals surface area contributed by atoms with Crippen molar-refractivity contribution in [3.63, 3.8) is 0 Å². The van der Waals surface area contributed by atoms with E-state index in [1.807, 2.05) is 6.07 Å². The van der Waals surface area contributed by atoms with Crippen LogP contribution >= 0.6 is 0 Å². The van der Waals surface area contributed by atoms with E-state index in [9.17, 15) is 13.2 Å². The second-order valence-electron chi connectivity index (χ2n) is 13.2. The highest BCUT2D eigenvalue weighted by atomic mass is 32.2. The maximum atomic E-state index is 13.9. The van der Waals surface area contributed by atoms with Gasteiger partial charge in [-0.05, 0) is 91.2 Å². The summed E-state index contributed by atoms with van der Waals surface area (Å²) in [7, 11) is -3.84. The molecule has 7 aliphatic rings. The van der Waals surface area contributed by atoms with Crippen LogP contribution in [0.2, 0.25) is 0 Å². The molecule has 5 nitrogen and oxygen atoms in total. The minimum absolute atomic E-state index is 0.00672. The lowest BCUT2D eigenvalue weighted by molar-refractivity contribution is -0.160. The molecular weight excluding hydrogens is 520 g/mol. The van der Waals surface area contributed by atoms with Crippen LogP contribution < -0.4 is 4.18 Å². The molecule has 0 aliphatic heterocycles. The molecule has 206 valence electrons. The molecule has 0 N–H and O–H groups in total. The summed E-state index contributed by atoms with van der Waals surface area (Å²) < 4.78 is 38.6. The lowest BCUT2D eigenvalue weighted by atomic mass is 9.49. The Morgan fingerprint density at radius 2 is 1.32 bits per heavy atom. The van der Waals surface area contributed by atoms with Crippen molar-refractivity contribution >= 4 is 16.1 Å². The maximum Gasteiger partial charge on any atom is 0.315 e. The van der Waals surface area contributed by atoms with Crippen LogP contribution in [0, 0.1) is 23.2 Å². The van der Waals surface area contributed by atoms with Crippen molar-refractivity contribution in [3.8, 4) is 5.75 Å². The van der Waals surface area contributed by atoms with Crippen LogP contribution in [0.3, 0.4) is 0 Å². The molecule has 6 bridgehead atoms. The van der Waals surface area contributed by atoms with Crippen molar-refractivity contribution < 1.29 is 22.1 Å². The van der Waals surface area contributed by atoms with Crippen molar-refractivity contribution in [2.24, 2.45) is 23.2 Å². The van der Waals surface area contributed by atoms with Crippen LogP contribution in [0.1, 0.15) is 79.0 Å². The second-order valence-corrected chi connectivity index (χ2v) is 15.2. The van der Waals surface area contributed by atoms with Crippen LogP contribution in [0.4, 0.5) is 0 Å². The van der Waals surface area contributed by atoms with Crippen LogP contribution in [-0.4, -0.2) is 25.7 Å². The van der Waals surface area contributed by atoms with E-state index in [2.05, 4.69) is 48.5 Å². The first kappa shape index (κ1) is 24.7. The molecule has 3 aromatic rings. The summed E-state index contributed by atoms with van der Waals surface area (Å²) in [4.78, 5) is 13.9. The predicted molar refractivity (Wildman–Crippen MR) is 151 cm³/mol. The number of para-hydroxylation sites is 1. The van der Waals surface area contributed by atoms with Crippen LogP contribution in [0.15, 0.2) is 78.9 Å². The average Bonchev–Trinajstić information content (AvgIpc) is 2.95. The summed E-state index contributed by atoms with van der Waals surface area (Å²) in [6.07, 6.45) is 5.50. The molecule has 4 saturated carbocycles. The molecule has 40 heavy (non-hydrogen) atoms. The van der Waals surface area contributed by atoms with Gasteiger partial charge in [0.05, 0.1) is 12.5 Å². The lowest BCUT2D eigenvalue weighted by Crippen LogP contribution is -2.61. The van der Waals surface area contributed by atoms with E-state index < -0.39 is 14.9 Å². The van der Waals surface area contributed by atoms with E-state index in [4.69, 9.17) is 8.92 Å². The highest BCUT2D eigenvalue weighted by Crippen LogP contribution is 2.64. The Hall–Kier alpha value is -3.12. The van der Waals surface area contributed by atoms with E-state index in [0.717, 1.165) is 25.7 Å². The highest BCUT2D eigenvalue weighted by Gasteiger charge is 2.64. The Morgan fingerprint density at radius 3 is 1.95 bits per heavy atom. The number of esters is 1. The second kappa shape index (κ2) is 8.69. The van der Waals surface area contributed by atoms with Gasteiger partial charge in [-0.15, -0.1) is 0 Å². The van der Waals surface area contributed by atoms with Crippen LogP contribution in [0.5, 0.6) is 5.75 Å². The quantitative estimate of drug-likeness (QED) is 0.255. The number of fused-ring (bicyclic) bond motifs is 1. The monoisotopic (exact) mass is 554 g/mol. The largest absolute Gasteiger partial charge is 0.465 e. The smallest absolute Gasteiger partial charge is 0.315 e. The van der Waals surface area contributed by atoms with E-state index >= 15 is 0 Å². The maximum absolute atomic E-state index is 13.9. The fourth-order valence-electron chi connectivity index (χ4n) is 9.72. The van der Waals surface area contributed by atoms with E-state index in [1.165, 1.54) is 22.3 Å². The predicted octanol–water partition coefficient (Wildman–Crippen LogP) is 6.57. The third-order valence-electron chi connectivity index (χ3n) is 10.7. The van der Waals surface area contributed by atoms with Gasteiger partial charge in [0.25, 0.3) is 0 Å². The van der Waals surface area contributed by atoms with Crippen molar-refractivity contribution in [1.82, 2.24) is 0 Å². The molecule has 0 heterocycles. The summed E-state index contributed by atoms with van der Waals surface area (Å²) in [6, 6.07) is 25.9. The average molecular weight is 555 g/mol. The number of carbonyl (C=O) groups excluding carboxylic acids is 1. The van der Waals surface area contributed by atoms with Crippen LogP contribution in [-0.2, 0) is 19.6 Å². The minimum atomic E-state index is -3.84. The molecule has 7 aliphatic carbocycles. The first-order valence-corrected chi connectivity index (χ1v) is 16.1. The topological polar surface area (TPSA) is 69.7 Å². The summed E-state index contributed by atoms with van der Waals surface area (Å²) in [5.41, 5.74) is 4.87. The number of hydrogen-bond donors (Lipinski definition) is 0. The SMILES string of the molecule is O=C(OCC12CC3CC(C1)CC(S(=O)(=O)Oc1ccccc1)(C3)C2)C1CC2c3ccccc3C1c1ccccc12. The van der Waals surface area contributed by atoms with Crippen molar-refractivity contribution in [2.75, 3.05) is 6.61 Å². The Kier molecular flexibility index (Phi) is 5.36. The van der Waals surface area contributed by atoms with Gasteiger partial charge in [-0.1, -0.05) is 66.7 Å². The van der Waals surface area contributed by atoms with Gasteiger partial charge in [0.2, 0.25) is 0 Å². The van der Waals surface area contributed by atoms with Gasteiger partial charge in [-0.3, -0.25) is 4.79 Å². The van der Waals surface area contributed by atoms with Gasteiger partial charge in [-0.2, -0.15) is 8.42 Å². The number of benzene rings is 3. The molecule has 0 spiro atoms. The van der Waals surface area contributed by atoms with Crippen LogP contribution in [0.25, 0.3) is 0 Å². The fraction of sp³-hybridized carbons (Fsp3) is 0.441. The highest BCUT2D eigenvalue weighted by molar-refractivity contribution is 7.88. The third kappa shape index (κ3) is 3.64. The normalized spacial score (nSPS) is 34.6. The Bertz CT molecular complexity index is 1530. The molecule has 0 radical (unpaired) electrons. The van der Waals surface area contributed by atoms with Gasteiger partial charge in [0.1, 0.15) is 10.5 Å². The van der Waals surface area contributed by atoms with E-state index in [0.29, 0.717) is 43.5 Å². The molecule has 4 fully saturated rings. The summed E-state index contributed by atoms with van der Waals surface area (Å²) in [6.45, 7) is 0.304. The Labute approximate surface area is 236 Å². The summed E-state index contributed by atoms with van der Waals surface area (Å²) in [5, 5.41) is 0. The number of ether oxygens (including phenoxy) is 1. The van der Waals surface area contributed by atoms with E-state index in [-0.39, 0.29) is 29.1 Å². The number of hydrogen-bond acceptors (Lipinski definition) is 5. The molecule has 10 rings (SSSR count). The molecule has 0 amide bonds. The molecule has 3 aromatic carbocycles. The van der Waals surface area contributed by atoms with Gasteiger partial charge in [0.15, 0.2) is 0 Å². The van der Waals surface area contributed by atoms with Crippen molar-refractivity contribution in [2.45, 2.75) is 61.5 Å². The molecule has 6 heteroatoms. The van der Waals surface area contributed by atoms with E-state index in [1.54, 1.807) is 24.3 Å². The molecule has 0 aromatic heterocycles. The van der Waals surface area contributed by atoms with Gasteiger partial charge >= 0.3 is 16.1 Å². The third-order valence-corrected chi connectivity index (χ3v) is 12.7. The fourth-order valence-corrected chi connectivity index (χ4v) is 11.6. The molecule has 0 saturated heterocycles. The van der Waals surface area contributed by atoms with Gasteiger partial charge in [-0.25, -0.2) is 0 Å². The standard InChI is InChI=1S/C34H34O5S/c35-32(30-15-29-25-10-4-6-12-27(25)31(30)28-13-7-5-11-26(28)29)38-21-33-16-22-14-23(17-33)19-34(18-22,20-33)40(36,37)39-24-8-2-1-3-9-24/h1-13,22-23,29-31H,14-21H2. The zero-order valence-electron chi connectivity index (χ0n) is 22.5. The summed E-state index contributed by atoms with van der Waals surface area (Å²) in [5.74, 6) is 0.893. The Morgan fingerprint density at radius 1 is 0.750 bits per heavy atom. The minimum Gasteiger partial charge on any atom is -0.465 e. The number of carbonyl (C=O) groups is 1.